The van der Waals surface area contributed by atoms with Crippen molar-refractivity contribution in [3.8, 4) is 11.4 Å². The fourth-order valence-electron chi connectivity index (χ4n) is 4.68. The van der Waals surface area contributed by atoms with Crippen molar-refractivity contribution in [2.24, 2.45) is 0 Å². The summed E-state index contributed by atoms with van der Waals surface area (Å²) in [5, 5.41) is 5.71. The first kappa shape index (κ1) is 26.2. The fourth-order valence-corrected chi connectivity index (χ4v) is 4.68. The van der Waals surface area contributed by atoms with Gasteiger partial charge in [-0.25, -0.2) is 19.6 Å². The molecule has 38 heavy (non-hydrogen) atoms. The highest BCUT2D eigenvalue weighted by Crippen LogP contribution is 2.32. The first-order valence-corrected chi connectivity index (χ1v) is 13.1. The lowest BCUT2D eigenvalue weighted by atomic mass is 10.0. The number of hydrogen-bond donors (Lipinski definition) is 2. The molecule has 11 nitrogen and oxygen atoms in total. The van der Waals surface area contributed by atoms with E-state index >= 15 is 0 Å². The number of amides is 3. The third kappa shape index (κ3) is 5.99. The number of morpholine rings is 1. The molecule has 11 heteroatoms. The van der Waals surface area contributed by atoms with Crippen molar-refractivity contribution >= 4 is 23.6 Å². The van der Waals surface area contributed by atoms with E-state index in [0.717, 1.165) is 29.2 Å². The second kappa shape index (κ2) is 10.7. The van der Waals surface area contributed by atoms with Crippen LogP contribution in [0.3, 0.4) is 0 Å². The smallest absolute Gasteiger partial charge is 0.410 e. The molecule has 204 valence electrons. The zero-order valence-corrected chi connectivity index (χ0v) is 22.5. The Bertz CT molecular complexity index is 1180. The molecular formula is C27H36N6O5. The van der Waals surface area contributed by atoms with Gasteiger partial charge in [-0.1, -0.05) is 0 Å². The molecule has 1 unspecified atom stereocenters. The Morgan fingerprint density at radius 2 is 1.82 bits per heavy atom. The van der Waals surface area contributed by atoms with Crippen LogP contribution in [0.15, 0.2) is 24.3 Å². The molecule has 1 aromatic carbocycles. The summed E-state index contributed by atoms with van der Waals surface area (Å²) in [6, 6.07) is 7.42. The van der Waals surface area contributed by atoms with Crippen LogP contribution in [0.5, 0.6) is 0 Å². The van der Waals surface area contributed by atoms with Crippen LogP contribution in [0.1, 0.15) is 39.0 Å². The van der Waals surface area contributed by atoms with Gasteiger partial charge < -0.3 is 34.6 Å². The van der Waals surface area contributed by atoms with Crippen LogP contribution in [0.25, 0.3) is 11.4 Å². The molecule has 0 saturated carbocycles. The molecule has 2 N–H and O–H groups in total. The molecule has 1 aromatic heterocycles. The Labute approximate surface area is 222 Å². The topological polar surface area (TPSA) is 118 Å². The van der Waals surface area contributed by atoms with Crippen molar-refractivity contribution in [1.82, 2.24) is 20.2 Å². The van der Waals surface area contributed by atoms with Crippen molar-refractivity contribution in [3.05, 3.63) is 35.5 Å². The number of nitrogens with zero attached hydrogens (tertiary/aromatic N) is 4. The minimum absolute atomic E-state index is 0.0550. The number of hydrogen-bond acceptors (Lipinski definition) is 8. The normalized spacial score (nSPS) is 19.8. The number of aromatic nitrogens is 2. The van der Waals surface area contributed by atoms with Gasteiger partial charge in [0.05, 0.1) is 50.7 Å². The lowest BCUT2D eigenvalue weighted by molar-refractivity contribution is 0.000735. The average Bonchev–Trinajstić information content (AvgIpc) is 2.85. The number of nitrogens with one attached hydrogen (secondary N) is 2. The Morgan fingerprint density at radius 3 is 2.47 bits per heavy atom. The molecule has 2 saturated heterocycles. The van der Waals surface area contributed by atoms with E-state index < -0.39 is 5.60 Å². The predicted octanol–water partition coefficient (Wildman–Crippen LogP) is 3.18. The number of carbonyl (C=O) groups is 2. The summed E-state index contributed by atoms with van der Waals surface area (Å²) in [7, 11) is 0. The Balaban J connectivity index is 1.41. The van der Waals surface area contributed by atoms with Crippen molar-refractivity contribution in [1.29, 1.82) is 0 Å². The average molecular weight is 525 g/mol. The molecular weight excluding hydrogens is 488 g/mol. The maximum Gasteiger partial charge on any atom is 0.410 e. The van der Waals surface area contributed by atoms with E-state index in [9.17, 15) is 9.59 Å². The van der Waals surface area contributed by atoms with Crippen LogP contribution in [0.2, 0.25) is 0 Å². The molecule has 2 aromatic rings. The van der Waals surface area contributed by atoms with Crippen molar-refractivity contribution in [3.63, 3.8) is 0 Å². The van der Waals surface area contributed by atoms with Crippen molar-refractivity contribution in [2.75, 3.05) is 49.7 Å². The minimum Gasteiger partial charge on any atom is -0.444 e. The molecule has 5 rings (SSSR count). The Kier molecular flexibility index (Phi) is 7.40. The first-order valence-electron chi connectivity index (χ1n) is 13.1. The van der Waals surface area contributed by atoms with Gasteiger partial charge in [-0.3, -0.25) is 0 Å². The van der Waals surface area contributed by atoms with Gasteiger partial charge in [0.2, 0.25) is 0 Å². The molecule has 3 aliphatic heterocycles. The highest BCUT2D eigenvalue weighted by Gasteiger charge is 2.32. The van der Waals surface area contributed by atoms with E-state index in [1.165, 1.54) is 0 Å². The Morgan fingerprint density at radius 1 is 1.05 bits per heavy atom. The standard InChI is InChI=1S/C27H36N6O5/c1-17-14-36-12-11-33(17)24-21-9-10-32(26(35)38-27(2,3)4)13-22(21)30-23(31-24)18-5-7-19(8-6-18)28-25(34)29-20-15-37-16-20/h5-8,17,20H,9-16H2,1-4H3,(H2,28,29,34). The van der Waals surface area contributed by atoms with Crippen LogP contribution in [-0.4, -0.2) is 84.2 Å². The summed E-state index contributed by atoms with van der Waals surface area (Å²) >= 11 is 0. The molecule has 0 spiro atoms. The van der Waals surface area contributed by atoms with Gasteiger partial charge in [-0.2, -0.15) is 0 Å². The Hall–Kier alpha value is -3.44. The lowest BCUT2D eigenvalue weighted by Crippen LogP contribution is -2.49. The molecule has 0 aliphatic carbocycles. The number of benzene rings is 1. The van der Waals surface area contributed by atoms with Crippen LogP contribution >= 0.6 is 0 Å². The zero-order valence-electron chi connectivity index (χ0n) is 22.5. The number of urea groups is 1. The molecule has 3 aliphatic rings. The zero-order chi connectivity index (χ0) is 26.9. The summed E-state index contributed by atoms with van der Waals surface area (Å²) in [5.74, 6) is 1.47. The molecule has 4 heterocycles. The van der Waals surface area contributed by atoms with Gasteiger partial charge >= 0.3 is 12.1 Å². The molecule has 0 bridgehead atoms. The largest absolute Gasteiger partial charge is 0.444 e. The first-order chi connectivity index (χ1) is 18.2. The molecule has 0 radical (unpaired) electrons. The van der Waals surface area contributed by atoms with Crippen LogP contribution in [-0.2, 0) is 27.2 Å². The quantitative estimate of drug-likeness (QED) is 0.626. The van der Waals surface area contributed by atoms with Crippen molar-refractivity contribution < 1.29 is 23.8 Å². The second-order valence-electron chi connectivity index (χ2n) is 11.0. The third-order valence-corrected chi connectivity index (χ3v) is 6.71. The number of carbonyl (C=O) groups excluding carboxylic acids is 2. The van der Waals surface area contributed by atoms with E-state index in [2.05, 4.69) is 22.5 Å². The number of rotatable bonds is 4. The SMILES string of the molecule is CC1COCCN1c1nc(-c2ccc(NC(=O)NC3COC3)cc2)nc2c1CCN(C(=O)OC(C)(C)C)C2. The number of fused-ring (bicyclic) bond motifs is 1. The third-order valence-electron chi connectivity index (χ3n) is 6.71. The summed E-state index contributed by atoms with van der Waals surface area (Å²) in [6.07, 6.45) is 0.310. The summed E-state index contributed by atoms with van der Waals surface area (Å²) < 4.78 is 16.4. The van der Waals surface area contributed by atoms with Gasteiger partial charge in [0.1, 0.15) is 11.4 Å². The minimum atomic E-state index is -0.569. The van der Waals surface area contributed by atoms with Gasteiger partial charge in [0, 0.05) is 29.9 Å². The van der Waals surface area contributed by atoms with E-state index in [4.69, 9.17) is 24.2 Å². The molecule has 1 atom stereocenters. The lowest BCUT2D eigenvalue weighted by Gasteiger charge is -2.38. The van der Waals surface area contributed by atoms with Crippen molar-refractivity contribution in [2.45, 2.75) is 58.3 Å². The van der Waals surface area contributed by atoms with Crippen LogP contribution in [0, 0.1) is 0 Å². The van der Waals surface area contributed by atoms with Crippen LogP contribution in [0.4, 0.5) is 21.1 Å². The van der Waals surface area contributed by atoms with E-state index in [-0.39, 0.29) is 24.2 Å². The maximum absolute atomic E-state index is 12.8. The van der Waals surface area contributed by atoms with Gasteiger partial charge in [-0.05, 0) is 58.4 Å². The van der Waals surface area contributed by atoms with E-state index in [1.807, 2.05) is 45.0 Å². The predicted molar refractivity (Wildman–Crippen MR) is 142 cm³/mol. The maximum atomic E-state index is 12.8. The summed E-state index contributed by atoms with van der Waals surface area (Å²) in [6.45, 7) is 11.7. The van der Waals surface area contributed by atoms with E-state index in [0.29, 0.717) is 57.4 Å². The van der Waals surface area contributed by atoms with Gasteiger partial charge in [0.25, 0.3) is 0 Å². The number of ether oxygens (including phenoxy) is 3. The highest BCUT2D eigenvalue weighted by atomic mass is 16.6. The van der Waals surface area contributed by atoms with Crippen LogP contribution < -0.4 is 15.5 Å². The monoisotopic (exact) mass is 524 g/mol. The van der Waals surface area contributed by atoms with E-state index in [1.54, 1.807) is 4.90 Å². The molecule has 3 amide bonds. The highest BCUT2D eigenvalue weighted by molar-refractivity contribution is 5.89. The van der Waals surface area contributed by atoms with Gasteiger partial charge in [-0.15, -0.1) is 0 Å². The summed E-state index contributed by atoms with van der Waals surface area (Å²) in [5.41, 5.74) is 2.81. The van der Waals surface area contributed by atoms with Gasteiger partial charge in [0.15, 0.2) is 5.82 Å². The number of anilines is 2. The summed E-state index contributed by atoms with van der Waals surface area (Å²) in [4.78, 5) is 38.9. The molecule has 2 fully saturated rings. The second-order valence-corrected chi connectivity index (χ2v) is 11.0. The fraction of sp³-hybridized carbons (Fsp3) is 0.556.